The fraction of sp³-hybridized carbons (Fsp3) is 0. The maximum atomic E-state index is 12.8. The van der Waals surface area contributed by atoms with Gasteiger partial charge in [-0.25, -0.2) is 13.1 Å². The van der Waals surface area contributed by atoms with E-state index in [9.17, 15) is 18.5 Å². The van der Waals surface area contributed by atoms with E-state index >= 15 is 0 Å². The first kappa shape index (κ1) is 20.9. The molecular formula is C21H15N5O5S. The third kappa shape index (κ3) is 4.84. The molecule has 32 heavy (non-hydrogen) atoms. The van der Waals surface area contributed by atoms with Crippen molar-refractivity contribution in [1.82, 2.24) is 15.0 Å². The van der Waals surface area contributed by atoms with Crippen LogP contribution in [0.4, 0.5) is 11.6 Å². The Bertz CT molecular complexity index is 1370. The average Bonchev–Trinajstić information content (AvgIpc) is 2.80. The second-order valence-electron chi connectivity index (χ2n) is 6.41. The van der Waals surface area contributed by atoms with E-state index in [1.165, 1.54) is 18.2 Å². The van der Waals surface area contributed by atoms with Gasteiger partial charge < -0.3 is 4.74 Å². The highest BCUT2D eigenvalue weighted by molar-refractivity contribution is 7.92. The van der Waals surface area contributed by atoms with E-state index in [0.717, 1.165) is 6.07 Å². The predicted octanol–water partition coefficient (Wildman–Crippen LogP) is 4.04. The monoisotopic (exact) mass is 449 g/mol. The van der Waals surface area contributed by atoms with Crippen molar-refractivity contribution in [1.29, 1.82) is 0 Å². The van der Waals surface area contributed by atoms with E-state index < -0.39 is 14.9 Å². The van der Waals surface area contributed by atoms with Gasteiger partial charge in [0.05, 0.1) is 9.82 Å². The van der Waals surface area contributed by atoms with Crippen molar-refractivity contribution in [3.05, 3.63) is 95.0 Å². The van der Waals surface area contributed by atoms with Crippen LogP contribution in [0.2, 0.25) is 0 Å². The molecule has 1 aromatic heterocycles. The van der Waals surface area contributed by atoms with Gasteiger partial charge in [-0.15, -0.1) is 0 Å². The third-order valence-electron chi connectivity index (χ3n) is 4.16. The van der Waals surface area contributed by atoms with Crippen molar-refractivity contribution in [3.63, 3.8) is 0 Å². The highest BCUT2D eigenvalue weighted by atomic mass is 32.2. The zero-order chi connectivity index (χ0) is 22.6. The quantitative estimate of drug-likeness (QED) is 0.330. The van der Waals surface area contributed by atoms with E-state index in [-0.39, 0.29) is 28.4 Å². The van der Waals surface area contributed by atoms with Crippen LogP contribution in [0, 0.1) is 10.1 Å². The molecule has 1 heterocycles. The summed E-state index contributed by atoms with van der Waals surface area (Å²) in [5.41, 5.74) is 0.255. The Morgan fingerprint density at radius 3 is 2.22 bits per heavy atom. The van der Waals surface area contributed by atoms with Crippen LogP contribution in [0.5, 0.6) is 11.8 Å². The number of aromatic nitrogens is 3. The number of non-ortho nitro benzene ring substituents is 1. The minimum atomic E-state index is -4.22. The molecular weight excluding hydrogens is 434 g/mol. The van der Waals surface area contributed by atoms with Gasteiger partial charge in [-0.05, 0) is 18.2 Å². The van der Waals surface area contributed by atoms with E-state index in [4.69, 9.17) is 4.74 Å². The molecule has 4 aromatic rings. The maximum absolute atomic E-state index is 12.8. The number of nitro benzene ring substituents is 1. The van der Waals surface area contributed by atoms with Crippen LogP contribution in [-0.4, -0.2) is 28.3 Å². The molecule has 0 aliphatic carbocycles. The summed E-state index contributed by atoms with van der Waals surface area (Å²) < 4.78 is 33.5. The number of para-hydroxylation sites is 1. The van der Waals surface area contributed by atoms with Gasteiger partial charge in [0, 0.05) is 17.7 Å². The molecule has 0 aliphatic rings. The van der Waals surface area contributed by atoms with Gasteiger partial charge in [-0.2, -0.15) is 15.0 Å². The summed E-state index contributed by atoms with van der Waals surface area (Å²) in [5, 5.41) is 11.0. The van der Waals surface area contributed by atoms with Crippen molar-refractivity contribution in [3.8, 4) is 23.1 Å². The van der Waals surface area contributed by atoms with Gasteiger partial charge in [0.25, 0.3) is 15.7 Å². The number of rotatable bonds is 7. The number of benzene rings is 3. The minimum Gasteiger partial charge on any atom is -0.424 e. The Hall–Kier alpha value is -4.38. The minimum absolute atomic E-state index is 0.123. The Labute approximate surface area is 182 Å². The molecule has 0 radical (unpaired) electrons. The molecule has 0 bridgehead atoms. The van der Waals surface area contributed by atoms with Gasteiger partial charge in [0.1, 0.15) is 5.75 Å². The number of hydrogen-bond donors (Lipinski definition) is 1. The first-order valence-electron chi connectivity index (χ1n) is 9.22. The Morgan fingerprint density at radius 2 is 1.53 bits per heavy atom. The second-order valence-corrected chi connectivity index (χ2v) is 8.09. The number of nitro groups is 1. The predicted molar refractivity (Wildman–Crippen MR) is 116 cm³/mol. The van der Waals surface area contributed by atoms with E-state index in [1.807, 2.05) is 12.1 Å². The van der Waals surface area contributed by atoms with Crippen LogP contribution in [0.1, 0.15) is 0 Å². The van der Waals surface area contributed by atoms with Crippen LogP contribution in [0.3, 0.4) is 0 Å². The van der Waals surface area contributed by atoms with Crippen molar-refractivity contribution in [2.24, 2.45) is 0 Å². The fourth-order valence-corrected chi connectivity index (χ4v) is 3.68. The van der Waals surface area contributed by atoms with Crippen LogP contribution in [0.25, 0.3) is 11.4 Å². The molecule has 0 spiro atoms. The Balaban J connectivity index is 1.73. The van der Waals surface area contributed by atoms with Crippen molar-refractivity contribution >= 4 is 21.7 Å². The van der Waals surface area contributed by atoms with Gasteiger partial charge in [-0.1, -0.05) is 54.6 Å². The fourth-order valence-electron chi connectivity index (χ4n) is 2.70. The van der Waals surface area contributed by atoms with Crippen LogP contribution >= 0.6 is 0 Å². The lowest BCUT2D eigenvalue weighted by molar-refractivity contribution is -0.385. The standard InChI is InChI=1S/C21H15N5O5S/c27-26(28)16-10-7-13-18(14-16)32(29,30)25-20-22-19(15-8-3-1-4-9-15)23-21(24-20)31-17-11-5-2-6-12-17/h1-14H,(H,22,23,24,25). The van der Waals surface area contributed by atoms with Gasteiger partial charge in [0.2, 0.25) is 5.95 Å². The van der Waals surface area contributed by atoms with Gasteiger partial charge in [0.15, 0.2) is 5.82 Å². The van der Waals surface area contributed by atoms with Crippen LogP contribution < -0.4 is 9.46 Å². The largest absolute Gasteiger partial charge is 0.424 e. The summed E-state index contributed by atoms with van der Waals surface area (Å²) in [6.07, 6.45) is 0. The molecule has 0 saturated heterocycles. The molecule has 0 fully saturated rings. The highest BCUT2D eigenvalue weighted by Crippen LogP contribution is 2.24. The average molecular weight is 449 g/mol. The topological polar surface area (TPSA) is 137 Å². The van der Waals surface area contributed by atoms with Crippen molar-refractivity contribution < 1.29 is 18.1 Å². The first-order chi connectivity index (χ1) is 15.4. The molecule has 10 nitrogen and oxygen atoms in total. The van der Waals surface area contributed by atoms with E-state index in [2.05, 4.69) is 19.7 Å². The van der Waals surface area contributed by atoms with Crippen LogP contribution in [-0.2, 0) is 10.0 Å². The molecule has 160 valence electrons. The highest BCUT2D eigenvalue weighted by Gasteiger charge is 2.21. The van der Waals surface area contributed by atoms with Crippen molar-refractivity contribution in [2.45, 2.75) is 4.90 Å². The normalized spacial score (nSPS) is 11.0. The summed E-state index contributed by atoms with van der Waals surface area (Å²) >= 11 is 0. The van der Waals surface area contributed by atoms with Gasteiger partial charge >= 0.3 is 6.01 Å². The Morgan fingerprint density at radius 1 is 0.844 bits per heavy atom. The molecule has 0 amide bonds. The lowest BCUT2D eigenvalue weighted by Gasteiger charge is -2.10. The number of hydrogen-bond acceptors (Lipinski definition) is 8. The van der Waals surface area contributed by atoms with E-state index in [1.54, 1.807) is 48.5 Å². The molecule has 0 aliphatic heterocycles. The summed E-state index contributed by atoms with van der Waals surface area (Å²) in [5.74, 6) is 0.338. The number of anilines is 1. The van der Waals surface area contributed by atoms with Crippen LogP contribution in [0.15, 0.2) is 89.8 Å². The lowest BCUT2D eigenvalue weighted by atomic mass is 10.2. The summed E-state index contributed by atoms with van der Waals surface area (Å²) in [6.45, 7) is 0. The lowest BCUT2D eigenvalue weighted by Crippen LogP contribution is -2.16. The zero-order valence-corrected chi connectivity index (χ0v) is 17.1. The summed E-state index contributed by atoms with van der Waals surface area (Å²) in [7, 11) is -4.22. The molecule has 4 rings (SSSR count). The number of ether oxygens (including phenoxy) is 1. The van der Waals surface area contributed by atoms with Crippen molar-refractivity contribution in [2.75, 3.05) is 4.72 Å². The third-order valence-corrected chi connectivity index (χ3v) is 5.49. The summed E-state index contributed by atoms with van der Waals surface area (Å²) in [4.78, 5) is 22.5. The van der Waals surface area contributed by atoms with Gasteiger partial charge in [-0.3, -0.25) is 10.1 Å². The number of nitrogens with zero attached hydrogens (tertiary/aromatic N) is 4. The molecule has 3 aromatic carbocycles. The molecule has 11 heteroatoms. The SMILES string of the molecule is O=[N+]([O-])c1cccc(S(=O)(=O)Nc2nc(Oc3ccccc3)nc(-c3ccccc3)n2)c1. The molecule has 0 unspecified atom stereocenters. The smallest absolute Gasteiger partial charge is 0.327 e. The molecule has 0 saturated carbocycles. The van der Waals surface area contributed by atoms with E-state index in [0.29, 0.717) is 11.3 Å². The number of nitrogens with one attached hydrogen (secondary N) is 1. The first-order valence-corrected chi connectivity index (χ1v) is 10.7. The number of sulfonamides is 1. The summed E-state index contributed by atoms with van der Waals surface area (Å²) in [6, 6.07) is 22.1. The zero-order valence-electron chi connectivity index (χ0n) is 16.3. The maximum Gasteiger partial charge on any atom is 0.327 e. The Kier molecular flexibility index (Phi) is 5.73. The molecule has 1 N–H and O–H groups in total. The second kappa shape index (κ2) is 8.78. The molecule has 0 atom stereocenters.